The van der Waals surface area contributed by atoms with Gasteiger partial charge in [-0.2, -0.15) is 13.2 Å². The van der Waals surface area contributed by atoms with Crippen LogP contribution in [0.5, 0.6) is 0 Å². The third kappa shape index (κ3) is 4.28. The number of alkyl halides is 3. The number of halogens is 4. The maximum absolute atomic E-state index is 13.2. The lowest BCUT2D eigenvalue weighted by Crippen LogP contribution is -2.27. The highest BCUT2D eigenvalue weighted by Gasteiger charge is 2.37. The first-order valence-electron chi connectivity index (χ1n) is 7.74. The second-order valence-electron chi connectivity index (χ2n) is 5.62. The van der Waals surface area contributed by atoms with Gasteiger partial charge in [0.25, 0.3) is 0 Å². The van der Waals surface area contributed by atoms with E-state index in [0.717, 1.165) is 11.3 Å². The number of aromatic amines is 1. The monoisotopic (exact) mass is 412 g/mol. The zero-order valence-corrected chi connectivity index (χ0v) is 15.2. The highest BCUT2D eigenvalue weighted by molar-refractivity contribution is 7.12. The summed E-state index contributed by atoms with van der Waals surface area (Å²) in [6.45, 7) is -0.765. The van der Waals surface area contributed by atoms with Crippen molar-refractivity contribution >= 4 is 51.1 Å². The predicted octanol–water partition coefficient (Wildman–Crippen LogP) is 5.34. The van der Waals surface area contributed by atoms with Gasteiger partial charge >= 0.3 is 6.18 Å². The van der Waals surface area contributed by atoms with E-state index < -0.39 is 36.4 Å². The number of Topliss-reactive ketones (excluding diaryl/α,β-unsaturated/α-hetero) is 2. The molecule has 1 aromatic carbocycles. The summed E-state index contributed by atoms with van der Waals surface area (Å²) < 4.78 is 39.6. The van der Waals surface area contributed by atoms with Crippen molar-refractivity contribution in [1.82, 2.24) is 4.98 Å². The summed E-state index contributed by atoms with van der Waals surface area (Å²) in [7, 11) is 0. The second-order valence-corrected chi connectivity index (χ2v) is 6.95. The van der Waals surface area contributed by atoms with Crippen LogP contribution in [0.2, 0.25) is 5.02 Å². The Morgan fingerprint density at radius 3 is 2.48 bits per heavy atom. The van der Waals surface area contributed by atoms with E-state index in [4.69, 9.17) is 11.6 Å². The van der Waals surface area contributed by atoms with Gasteiger partial charge < -0.3 is 4.98 Å². The summed E-state index contributed by atoms with van der Waals surface area (Å²) in [5.41, 5.74) is -0.701. The summed E-state index contributed by atoms with van der Waals surface area (Å²) in [6, 6.07) is 9.86. The Morgan fingerprint density at radius 1 is 1.11 bits per heavy atom. The molecule has 9 heteroatoms. The maximum atomic E-state index is 13.2. The minimum atomic E-state index is -4.81. The molecule has 140 valence electrons. The summed E-state index contributed by atoms with van der Waals surface area (Å²) in [6.07, 6.45) is -5.73. The van der Waals surface area contributed by atoms with Crippen LogP contribution in [0.15, 0.2) is 46.8 Å². The van der Waals surface area contributed by atoms with Gasteiger partial charge in [-0.15, -0.1) is 11.3 Å². The van der Waals surface area contributed by atoms with Crippen LogP contribution in [0.1, 0.15) is 26.6 Å². The molecular formula is C18H12ClF3N2O2S. The fourth-order valence-electron chi connectivity index (χ4n) is 2.47. The number of benzene rings is 1. The summed E-state index contributed by atoms with van der Waals surface area (Å²) >= 11 is 7.18. The molecule has 27 heavy (non-hydrogen) atoms. The van der Waals surface area contributed by atoms with E-state index in [1.54, 1.807) is 35.7 Å². The fourth-order valence-corrected chi connectivity index (χ4v) is 3.45. The molecule has 0 atom stereocenters. The molecular weight excluding hydrogens is 401 g/mol. The molecule has 1 N–H and O–H groups in total. The van der Waals surface area contributed by atoms with Crippen molar-refractivity contribution in [2.24, 2.45) is 4.99 Å². The van der Waals surface area contributed by atoms with E-state index in [1.807, 2.05) is 0 Å². The number of rotatable bonds is 6. The molecule has 0 aliphatic carbocycles. The number of carbonyl (C=O) groups is 2. The average Bonchev–Trinajstić information content (AvgIpc) is 3.26. The van der Waals surface area contributed by atoms with E-state index >= 15 is 0 Å². The number of ketones is 2. The Hall–Kier alpha value is -2.45. The molecule has 0 spiro atoms. The lowest BCUT2D eigenvalue weighted by molar-refractivity contribution is -0.0603. The Kier molecular flexibility index (Phi) is 5.48. The predicted molar refractivity (Wildman–Crippen MR) is 99.3 cm³/mol. The minimum absolute atomic E-state index is 0.00674. The largest absolute Gasteiger partial charge is 0.429 e. The average molecular weight is 413 g/mol. The Morgan fingerprint density at radius 2 is 1.85 bits per heavy atom. The van der Waals surface area contributed by atoms with Gasteiger partial charge in [0.1, 0.15) is 18.0 Å². The fraction of sp³-hybridized carbons (Fsp3) is 0.167. The molecule has 0 aliphatic heterocycles. The first kappa shape index (κ1) is 19.3. The van der Waals surface area contributed by atoms with Crippen molar-refractivity contribution in [3.63, 3.8) is 0 Å². The standard InChI is InChI=1S/C18H12ClF3N2O2S/c19-16-10-4-1-2-5-11(10)24-17(16)13(26)9-23-15(18(20,21)22)8-12(25)14-6-3-7-27-14/h1-7,24H,8-9H2. The molecule has 0 amide bonds. The number of hydrogen-bond acceptors (Lipinski definition) is 4. The highest BCUT2D eigenvalue weighted by Crippen LogP contribution is 2.28. The van der Waals surface area contributed by atoms with Crippen LogP contribution in [-0.2, 0) is 0 Å². The Labute approximate surface area is 160 Å². The molecule has 2 heterocycles. The van der Waals surface area contributed by atoms with Crippen molar-refractivity contribution in [3.8, 4) is 0 Å². The van der Waals surface area contributed by atoms with Crippen molar-refractivity contribution in [2.45, 2.75) is 12.6 Å². The molecule has 0 radical (unpaired) electrons. The zero-order valence-electron chi connectivity index (χ0n) is 13.6. The van der Waals surface area contributed by atoms with E-state index in [1.165, 1.54) is 6.07 Å². The van der Waals surface area contributed by atoms with Crippen LogP contribution in [0, 0.1) is 0 Å². The van der Waals surface area contributed by atoms with Crippen LogP contribution in [0.4, 0.5) is 13.2 Å². The first-order chi connectivity index (χ1) is 12.8. The molecule has 3 aromatic rings. The van der Waals surface area contributed by atoms with Crippen LogP contribution in [0.25, 0.3) is 10.9 Å². The maximum Gasteiger partial charge on any atom is 0.429 e. The van der Waals surface area contributed by atoms with Gasteiger partial charge in [-0.3, -0.25) is 14.6 Å². The summed E-state index contributed by atoms with van der Waals surface area (Å²) in [5, 5.41) is 2.32. The molecule has 3 rings (SSSR count). The molecule has 2 aromatic heterocycles. The number of aromatic nitrogens is 1. The van der Waals surface area contributed by atoms with Gasteiger partial charge in [-0.1, -0.05) is 35.9 Å². The van der Waals surface area contributed by atoms with Crippen molar-refractivity contribution in [3.05, 3.63) is 57.4 Å². The number of hydrogen-bond donors (Lipinski definition) is 1. The van der Waals surface area contributed by atoms with E-state index in [-0.39, 0.29) is 15.6 Å². The van der Waals surface area contributed by atoms with Gasteiger partial charge in [0.05, 0.1) is 16.3 Å². The lowest BCUT2D eigenvalue weighted by atomic mass is 10.1. The summed E-state index contributed by atoms with van der Waals surface area (Å²) in [4.78, 5) is 30.7. The molecule has 0 fully saturated rings. The molecule has 0 bridgehead atoms. The quantitative estimate of drug-likeness (QED) is 0.438. The number of fused-ring (bicyclic) bond motifs is 1. The molecule has 0 aliphatic rings. The Bertz CT molecular complexity index is 1020. The normalized spacial score (nSPS) is 12.5. The number of nitrogens with one attached hydrogen (secondary N) is 1. The van der Waals surface area contributed by atoms with Crippen molar-refractivity contribution < 1.29 is 22.8 Å². The van der Waals surface area contributed by atoms with E-state index in [0.29, 0.717) is 10.9 Å². The van der Waals surface area contributed by atoms with Crippen LogP contribution in [0.3, 0.4) is 0 Å². The van der Waals surface area contributed by atoms with E-state index in [9.17, 15) is 22.8 Å². The third-order valence-electron chi connectivity index (χ3n) is 3.79. The topological polar surface area (TPSA) is 62.3 Å². The lowest BCUT2D eigenvalue weighted by Gasteiger charge is -2.09. The second kappa shape index (κ2) is 7.66. The van der Waals surface area contributed by atoms with Gasteiger partial charge in [0.15, 0.2) is 5.78 Å². The SMILES string of the molecule is O=C(CC(=NCC(=O)c1[nH]c2ccccc2c1Cl)C(F)(F)F)c1cccs1. The third-order valence-corrected chi connectivity index (χ3v) is 5.09. The zero-order chi connectivity index (χ0) is 19.6. The van der Waals surface area contributed by atoms with Crippen LogP contribution >= 0.6 is 22.9 Å². The van der Waals surface area contributed by atoms with E-state index in [2.05, 4.69) is 9.98 Å². The van der Waals surface area contributed by atoms with Gasteiger partial charge in [0, 0.05) is 10.9 Å². The number of para-hydroxylation sites is 1. The minimum Gasteiger partial charge on any atom is -0.351 e. The van der Waals surface area contributed by atoms with Crippen LogP contribution < -0.4 is 0 Å². The van der Waals surface area contributed by atoms with Gasteiger partial charge in [-0.25, -0.2) is 0 Å². The Balaban J connectivity index is 1.82. The van der Waals surface area contributed by atoms with Gasteiger partial charge in [-0.05, 0) is 17.5 Å². The number of nitrogens with zero attached hydrogens (tertiary/aromatic N) is 1. The smallest absolute Gasteiger partial charge is 0.351 e. The summed E-state index contributed by atoms with van der Waals surface area (Å²) in [5.74, 6) is -1.39. The highest BCUT2D eigenvalue weighted by atomic mass is 35.5. The van der Waals surface area contributed by atoms with Gasteiger partial charge in [0.2, 0.25) is 5.78 Å². The number of thiophene rings is 1. The molecule has 0 saturated heterocycles. The number of H-pyrrole nitrogens is 1. The van der Waals surface area contributed by atoms with Crippen LogP contribution in [-0.4, -0.2) is 35.0 Å². The first-order valence-corrected chi connectivity index (χ1v) is 8.99. The van der Waals surface area contributed by atoms with Crippen molar-refractivity contribution in [1.29, 1.82) is 0 Å². The molecule has 4 nitrogen and oxygen atoms in total. The molecule has 0 unspecified atom stereocenters. The molecule has 0 saturated carbocycles. The van der Waals surface area contributed by atoms with Crippen molar-refractivity contribution in [2.75, 3.05) is 6.54 Å². The number of carbonyl (C=O) groups excluding carboxylic acids is 2. The number of aliphatic imine (C=N–C) groups is 1.